The zero-order valence-electron chi connectivity index (χ0n) is 11.4. The molecular formula is C17H21NO. The first-order chi connectivity index (χ1) is 9.29. The third-order valence-corrected chi connectivity index (χ3v) is 3.37. The number of hydrogen-bond acceptors (Lipinski definition) is 2. The number of methoxy groups -OCH3 is 1. The third-order valence-electron chi connectivity index (χ3n) is 3.37. The van der Waals surface area contributed by atoms with E-state index in [1.165, 1.54) is 11.1 Å². The van der Waals surface area contributed by atoms with E-state index in [1.54, 1.807) is 7.11 Å². The lowest BCUT2D eigenvalue weighted by Gasteiger charge is -2.12. The number of aryl methyl sites for hydroxylation is 1. The topological polar surface area (TPSA) is 35.2 Å². The Morgan fingerprint density at radius 1 is 1.00 bits per heavy atom. The van der Waals surface area contributed by atoms with Crippen molar-refractivity contribution in [1.82, 2.24) is 0 Å². The van der Waals surface area contributed by atoms with Crippen LogP contribution in [0.2, 0.25) is 0 Å². The van der Waals surface area contributed by atoms with Crippen LogP contribution in [0.1, 0.15) is 30.0 Å². The average molecular weight is 255 g/mol. The predicted octanol–water partition coefficient (Wildman–Crippen LogP) is 3.72. The van der Waals surface area contributed by atoms with Crippen LogP contribution >= 0.6 is 0 Å². The Morgan fingerprint density at radius 2 is 1.68 bits per heavy atom. The molecule has 2 aromatic carbocycles. The Labute approximate surface area is 115 Å². The lowest BCUT2D eigenvalue weighted by molar-refractivity contribution is 0.414. The van der Waals surface area contributed by atoms with Crippen molar-refractivity contribution in [2.45, 2.75) is 25.3 Å². The lowest BCUT2D eigenvalue weighted by atomic mass is 10.00. The minimum absolute atomic E-state index is 0.106. The fraction of sp³-hybridized carbons (Fsp3) is 0.294. The van der Waals surface area contributed by atoms with E-state index < -0.39 is 0 Å². The highest BCUT2D eigenvalue weighted by Gasteiger charge is 2.06. The van der Waals surface area contributed by atoms with Crippen LogP contribution < -0.4 is 10.5 Å². The molecule has 0 radical (unpaired) electrons. The van der Waals surface area contributed by atoms with Gasteiger partial charge in [0, 0.05) is 6.04 Å². The van der Waals surface area contributed by atoms with Gasteiger partial charge in [-0.3, -0.25) is 0 Å². The molecule has 2 N–H and O–H groups in total. The average Bonchev–Trinajstić information content (AvgIpc) is 2.48. The number of benzene rings is 2. The maximum absolute atomic E-state index is 6.21. The summed E-state index contributed by atoms with van der Waals surface area (Å²) < 4.78 is 5.15. The quantitative estimate of drug-likeness (QED) is 0.854. The number of rotatable bonds is 6. The van der Waals surface area contributed by atoms with Crippen molar-refractivity contribution >= 4 is 0 Å². The van der Waals surface area contributed by atoms with Gasteiger partial charge in [0.05, 0.1) is 7.11 Å². The second-order valence-electron chi connectivity index (χ2n) is 4.76. The molecule has 0 aliphatic rings. The lowest BCUT2D eigenvalue weighted by Crippen LogP contribution is -2.10. The van der Waals surface area contributed by atoms with Gasteiger partial charge in [-0.05, 0) is 42.5 Å². The van der Waals surface area contributed by atoms with E-state index in [9.17, 15) is 0 Å². The predicted molar refractivity (Wildman–Crippen MR) is 79.3 cm³/mol. The molecule has 2 aromatic rings. The minimum Gasteiger partial charge on any atom is -0.497 e. The molecule has 2 heteroatoms. The van der Waals surface area contributed by atoms with Crippen molar-refractivity contribution in [3.63, 3.8) is 0 Å². The maximum Gasteiger partial charge on any atom is 0.118 e. The molecule has 0 aromatic heterocycles. The Kier molecular flexibility index (Phi) is 4.99. The Morgan fingerprint density at radius 3 is 2.32 bits per heavy atom. The van der Waals surface area contributed by atoms with E-state index in [4.69, 9.17) is 10.5 Å². The first-order valence-corrected chi connectivity index (χ1v) is 6.73. The van der Waals surface area contributed by atoms with E-state index in [2.05, 4.69) is 24.3 Å². The molecule has 1 atom stereocenters. The van der Waals surface area contributed by atoms with Crippen LogP contribution in [0.5, 0.6) is 5.75 Å². The SMILES string of the molecule is COc1ccc(C(N)CCCc2ccccc2)cc1. The highest BCUT2D eigenvalue weighted by atomic mass is 16.5. The number of hydrogen-bond donors (Lipinski definition) is 1. The van der Waals surface area contributed by atoms with Crippen molar-refractivity contribution in [2.24, 2.45) is 5.73 Å². The van der Waals surface area contributed by atoms with Crippen LogP contribution in [0.4, 0.5) is 0 Å². The molecule has 0 bridgehead atoms. The third kappa shape index (κ3) is 4.11. The molecule has 0 saturated carbocycles. The molecule has 0 saturated heterocycles. The first kappa shape index (κ1) is 13.6. The van der Waals surface area contributed by atoms with Gasteiger partial charge >= 0.3 is 0 Å². The summed E-state index contributed by atoms with van der Waals surface area (Å²) in [5.41, 5.74) is 8.76. The maximum atomic E-state index is 6.21. The molecule has 0 aliphatic carbocycles. The molecule has 1 unspecified atom stereocenters. The summed E-state index contributed by atoms with van der Waals surface area (Å²) in [5.74, 6) is 0.875. The summed E-state index contributed by atoms with van der Waals surface area (Å²) in [6, 6.07) is 18.7. The molecule has 2 rings (SSSR count). The molecule has 2 nitrogen and oxygen atoms in total. The highest BCUT2D eigenvalue weighted by molar-refractivity contribution is 5.28. The van der Waals surface area contributed by atoms with Crippen LogP contribution in [0, 0.1) is 0 Å². The molecule has 19 heavy (non-hydrogen) atoms. The van der Waals surface area contributed by atoms with E-state index >= 15 is 0 Å². The first-order valence-electron chi connectivity index (χ1n) is 6.73. The summed E-state index contributed by atoms with van der Waals surface area (Å²) in [5, 5.41) is 0. The number of ether oxygens (including phenoxy) is 1. The van der Waals surface area contributed by atoms with Crippen LogP contribution in [0.15, 0.2) is 54.6 Å². The molecule has 0 heterocycles. The monoisotopic (exact) mass is 255 g/mol. The Bertz CT molecular complexity index is 478. The minimum atomic E-state index is 0.106. The Balaban J connectivity index is 1.82. The van der Waals surface area contributed by atoms with E-state index in [0.29, 0.717) is 0 Å². The highest BCUT2D eigenvalue weighted by Crippen LogP contribution is 2.20. The van der Waals surface area contributed by atoms with Crippen LogP contribution in [0.25, 0.3) is 0 Å². The molecule has 100 valence electrons. The number of nitrogens with two attached hydrogens (primary N) is 1. The van der Waals surface area contributed by atoms with Crippen molar-refractivity contribution in [3.05, 3.63) is 65.7 Å². The summed E-state index contributed by atoms with van der Waals surface area (Å²) >= 11 is 0. The molecule has 0 spiro atoms. The van der Waals surface area contributed by atoms with Crippen molar-refractivity contribution < 1.29 is 4.74 Å². The molecular weight excluding hydrogens is 234 g/mol. The fourth-order valence-electron chi connectivity index (χ4n) is 2.19. The summed E-state index contributed by atoms with van der Waals surface area (Å²) in [4.78, 5) is 0. The van der Waals surface area contributed by atoms with Gasteiger partial charge in [0.1, 0.15) is 5.75 Å². The standard InChI is InChI=1S/C17H21NO/c1-19-16-12-10-15(11-13-16)17(18)9-5-8-14-6-3-2-4-7-14/h2-4,6-7,10-13,17H,5,8-9,18H2,1H3. The van der Waals surface area contributed by atoms with Crippen LogP contribution in [-0.4, -0.2) is 7.11 Å². The van der Waals surface area contributed by atoms with Crippen LogP contribution in [-0.2, 0) is 6.42 Å². The van der Waals surface area contributed by atoms with Gasteiger partial charge in [0.2, 0.25) is 0 Å². The summed E-state index contributed by atoms with van der Waals surface area (Å²) in [6.07, 6.45) is 3.20. The molecule has 0 amide bonds. The zero-order valence-corrected chi connectivity index (χ0v) is 11.4. The van der Waals surface area contributed by atoms with E-state index in [0.717, 1.165) is 25.0 Å². The van der Waals surface area contributed by atoms with Crippen LogP contribution in [0.3, 0.4) is 0 Å². The largest absolute Gasteiger partial charge is 0.497 e. The van der Waals surface area contributed by atoms with Gasteiger partial charge < -0.3 is 10.5 Å². The van der Waals surface area contributed by atoms with Gasteiger partial charge in [-0.15, -0.1) is 0 Å². The summed E-state index contributed by atoms with van der Waals surface area (Å²) in [6.45, 7) is 0. The molecule has 0 aliphatic heterocycles. The zero-order chi connectivity index (χ0) is 13.5. The van der Waals surface area contributed by atoms with Gasteiger partial charge in [-0.1, -0.05) is 42.5 Å². The fourth-order valence-corrected chi connectivity index (χ4v) is 2.19. The van der Waals surface area contributed by atoms with Crippen molar-refractivity contribution in [1.29, 1.82) is 0 Å². The van der Waals surface area contributed by atoms with E-state index in [-0.39, 0.29) is 6.04 Å². The smallest absolute Gasteiger partial charge is 0.118 e. The van der Waals surface area contributed by atoms with Gasteiger partial charge in [0.15, 0.2) is 0 Å². The van der Waals surface area contributed by atoms with Gasteiger partial charge in [-0.25, -0.2) is 0 Å². The molecule has 0 fully saturated rings. The Hall–Kier alpha value is -1.80. The van der Waals surface area contributed by atoms with Crippen molar-refractivity contribution in [3.8, 4) is 5.75 Å². The van der Waals surface area contributed by atoms with E-state index in [1.807, 2.05) is 30.3 Å². The second-order valence-corrected chi connectivity index (χ2v) is 4.76. The normalized spacial score (nSPS) is 12.1. The van der Waals surface area contributed by atoms with Gasteiger partial charge in [-0.2, -0.15) is 0 Å². The van der Waals surface area contributed by atoms with Gasteiger partial charge in [0.25, 0.3) is 0 Å². The summed E-state index contributed by atoms with van der Waals surface area (Å²) in [7, 11) is 1.68. The second kappa shape index (κ2) is 6.95. The van der Waals surface area contributed by atoms with Crippen molar-refractivity contribution in [2.75, 3.05) is 7.11 Å².